The second-order valence-electron chi connectivity index (χ2n) is 5.10. The zero-order valence-corrected chi connectivity index (χ0v) is 13.5. The number of phenolic OH excluding ortho intramolecular Hbond substituents is 1. The standard InChI is InChI=1S/C19H14O4S/c20-16-9-7-14(8-10-16)13-3-5-15(6-4-13)19(22)23-12-17(21)18-2-1-11-24-18/h1-11,20H,12H2. The van der Waals surface area contributed by atoms with E-state index in [1.807, 2.05) is 0 Å². The van der Waals surface area contributed by atoms with Gasteiger partial charge < -0.3 is 9.84 Å². The van der Waals surface area contributed by atoms with Gasteiger partial charge >= 0.3 is 5.97 Å². The van der Waals surface area contributed by atoms with Gasteiger partial charge in [-0.1, -0.05) is 30.3 Å². The number of rotatable bonds is 5. The highest BCUT2D eigenvalue weighted by Gasteiger charge is 2.12. The van der Waals surface area contributed by atoms with Crippen LogP contribution in [0.5, 0.6) is 5.75 Å². The van der Waals surface area contributed by atoms with Crippen molar-refractivity contribution in [1.82, 2.24) is 0 Å². The van der Waals surface area contributed by atoms with Crippen LogP contribution in [-0.2, 0) is 4.74 Å². The number of ether oxygens (including phenoxy) is 1. The Labute approximate surface area is 143 Å². The molecule has 0 fully saturated rings. The Bertz CT molecular complexity index is 834. The highest BCUT2D eigenvalue weighted by Crippen LogP contribution is 2.22. The first-order valence-corrected chi connectivity index (χ1v) is 8.15. The van der Waals surface area contributed by atoms with E-state index in [4.69, 9.17) is 4.74 Å². The zero-order valence-electron chi connectivity index (χ0n) is 12.6. The molecule has 0 saturated heterocycles. The second-order valence-corrected chi connectivity index (χ2v) is 6.05. The summed E-state index contributed by atoms with van der Waals surface area (Å²) < 4.78 is 5.06. The fourth-order valence-corrected chi connectivity index (χ4v) is 2.83. The lowest BCUT2D eigenvalue weighted by molar-refractivity contribution is 0.0476. The molecule has 0 amide bonds. The van der Waals surface area contributed by atoms with Crippen molar-refractivity contribution < 1.29 is 19.4 Å². The maximum atomic E-state index is 12.0. The monoisotopic (exact) mass is 338 g/mol. The summed E-state index contributed by atoms with van der Waals surface area (Å²) >= 11 is 1.32. The van der Waals surface area contributed by atoms with E-state index in [-0.39, 0.29) is 18.1 Å². The van der Waals surface area contributed by atoms with Gasteiger partial charge in [0.1, 0.15) is 5.75 Å². The molecular weight excluding hydrogens is 324 g/mol. The van der Waals surface area contributed by atoms with E-state index in [0.717, 1.165) is 11.1 Å². The Kier molecular flexibility index (Phi) is 4.72. The summed E-state index contributed by atoms with van der Waals surface area (Å²) in [5, 5.41) is 11.1. The fraction of sp³-hybridized carbons (Fsp3) is 0.0526. The fourth-order valence-electron chi connectivity index (χ4n) is 2.18. The molecule has 1 aromatic heterocycles. The van der Waals surface area contributed by atoms with Gasteiger partial charge in [0, 0.05) is 0 Å². The predicted octanol–water partition coefficient (Wildman–Crippen LogP) is 4.16. The largest absolute Gasteiger partial charge is 0.508 e. The minimum absolute atomic E-state index is 0.203. The van der Waals surface area contributed by atoms with Crippen LogP contribution in [0.2, 0.25) is 0 Å². The topological polar surface area (TPSA) is 63.6 Å². The molecule has 0 radical (unpaired) electrons. The number of hydrogen-bond donors (Lipinski definition) is 1. The van der Waals surface area contributed by atoms with Crippen LogP contribution in [0.4, 0.5) is 0 Å². The number of esters is 1. The molecule has 4 nitrogen and oxygen atoms in total. The average molecular weight is 338 g/mol. The molecule has 0 aliphatic rings. The molecule has 1 N–H and O–H groups in total. The third-order valence-electron chi connectivity index (χ3n) is 3.45. The summed E-state index contributed by atoms with van der Waals surface area (Å²) in [6, 6.07) is 17.2. The summed E-state index contributed by atoms with van der Waals surface area (Å²) in [4.78, 5) is 24.4. The predicted molar refractivity (Wildman–Crippen MR) is 92.5 cm³/mol. The van der Waals surface area contributed by atoms with Gasteiger partial charge in [-0.15, -0.1) is 11.3 Å². The maximum Gasteiger partial charge on any atom is 0.338 e. The molecule has 0 atom stereocenters. The highest BCUT2D eigenvalue weighted by molar-refractivity contribution is 7.12. The molecule has 0 aliphatic heterocycles. The molecule has 120 valence electrons. The van der Waals surface area contributed by atoms with Crippen LogP contribution in [0.3, 0.4) is 0 Å². The number of hydrogen-bond acceptors (Lipinski definition) is 5. The molecule has 0 aliphatic carbocycles. The Morgan fingerprint density at radius 1 is 0.917 bits per heavy atom. The van der Waals surface area contributed by atoms with Crippen molar-refractivity contribution in [2.24, 2.45) is 0 Å². The van der Waals surface area contributed by atoms with Crippen molar-refractivity contribution in [2.45, 2.75) is 0 Å². The average Bonchev–Trinajstić information content (AvgIpc) is 3.15. The SMILES string of the molecule is O=C(OCC(=O)c1cccs1)c1ccc(-c2ccc(O)cc2)cc1. The number of carbonyl (C=O) groups is 2. The zero-order chi connectivity index (χ0) is 16.9. The molecule has 0 bridgehead atoms. The number of thiophene rings is 1. The molecule has 0 spiro atoms. The summed E-state index contributed by atoms with van der Waals surface area (Å²) in [6.07, 6.45) is 0. The number of Topliss-reactive ketones (excluding diaryl/α,β-unsaturated/α-hetero) is 1. The van der Waals surface area contributed by atoms with Gasteiger partial charge in [-0.25, -0.2) is 4.79 Å². The maximum absolute atomic E-state index is 12.0. The third kappa shape index (κ3) is 3.70. The Morgan fingerprint density at radius 2 is 1.54 bits per heavy atom. The number of phenols is 1. The first kappa shape index (κ1) is 16.0. The first-order chi connectivity index (χ1) is 11.6. The smallest absolute Gasteiger partial charge is 0.338 e. The molecule has 0 saturated carbocycles. The number of aromatic hydroxyl groups is 1. The minimum atomic E-state index is -0.530. The van der Waals surface area contributed by atoms with Gasteiger partial charge in [0.2, 0.25) is 5.78 Å². The van der Waals surface area contributed by atoms with Crippen LogP contribution < -0.4 is 0 Å². The van der Waals surface area contributed by atoms with Gasteiger partial charge in [0.05, 0.1) is 10.4 Å². The van der Waals surface area contributed by atoms with Crippen LogP contribution in [-0.4, -0.2) is 23.5 Å². The molecule has 3 aromatic rings. The lowest BCUT2D eigenvalue weighted by Crippen LogP contribution is -2.13. The van der Waals surface area contributed by atoms with Crippen LogP contribution in [0, 0.1) is 0 Å². The second kappa shape index (κ2) is 7.10. The van der Waals surface area contributed by atoms with E-state index in [2.05, 4.69) is 0 Å². The molecule has 24 heavy (non-hydrogen) atoms. The summed E-state index contributed by atoms with van der Waals surface area (Å²) in [7, 11) is 0. The molecule has 2 aromatic carbocycles. The molecular formula is C19H14O4S. The minimum Gasteiger partial charge on any atom is -0.508 e. The summed E-state index contributed by atoms with van der Waals surface area (Å²) in [6.45, 7) is -0.265. The Morgan fingerprint density at radius 3 is 2.12 bits per heavy atom. The van der Waals surface area contributed by atoms with E-state index in [1.165, 1.54) is 11.3 Å². The van der Waals surface area contributed by atoms with Gasteiger partial charge in [-0.2, -0.15) is 0 Å². The lowest BCUT2D eigenvalue weighted by atomic mass is 10.0. The third-order valence-corrected chi connectivity index (χ3v) is 4.36. The van der Waals surface area contributed by atoms with Crippen molar-refractivity contribution in [3.63, 3.8) is 0 Å². The molecule has 1 heterocycles. The lowest BCUT2D eigenvalue weighted by Gasteiger charge is -2.05. The van der Waals surface area contributed by atoms with Gasteiger partial charge in [-0.05, 0) is 46.8 Å². The normalized spacial score (nSPS) is 10.3. The van der Waals surface area contributed by atoms with Crippen molar-refractivity contribution in [1.29, 1.82) is 0 Å². The Balaban J connectivity index is 1.63. The van der Waals surface area contributed by atoms with Crippen molar-refractivity contribution in [3.05, 3.63) is 76.5 Å². The number of benzene rings is 2. The first-order valence-electron chi connectivity index (χ1n) is 7.27. The van der Waals surface area contributed by atoms with E-state index >= 15 is 0 Å². The van der Waals surface area contributed by atoms with E-state index < -0.39 is 5.97 Å². The highest BCUT2D eigenvalue weighted by atomic mass is 32.1. The molecule has 3 rings (SSSR count). The van der Waals surface area contributed by atoms with Crippen molar-refractivity contribution in [3.8, 4) is 16.9 Å². The van der Waals surface area contributed by atoms with Crippen LogP contribution >= 0.6 is 11.3 Å². The van der Waals surface area contributed by atoms with E-state index in [0.29, 0.717) is 10.4 Å². The number of carbonyl (C=O) groups excluding carboxylic acids is 2. The van der Waals surface area contributed by atoms with Crippen molar-refractivity contribution >= 4 is 23.1 Å². The van der Waals surface area contributed by atoms with E-state index in [1.54, 1.807) is 66.0 Å². The summed E-state index contributed by atoms with van der Waals surface area (Å²) in [5.74, 6) is -0.536. The molecule has 0 unspecified atom stereocenters. The molecule has 5 heteroatoms. The Hall–Kier alpha value is -2.92. The van der Waals surface area contributed by atoms with Gasteiger partial charge in [-0.3, -0.25) is 4.79 Å². The van der Waals surface area contributed by atoms with Crippen molar-refractivity contribution in [2.75, 3.05) is 6.61 Å². The number of ketones is 1. The van der Waals surface area contributed by atoms with Crippen LogP contribution in [0.15, 0.2) is 66.0 Å². The van der Waals surface area contributed by atoms with Crippen LogP contribution in [0.1, 0.15) is 20.0 Å². The van der Waals surface area contributed by atoms with Gasteiger partial charge in [0.15, 0.2) is 6.61 Å². The van der Waals surface area contributed by atoms with Crippen LogP contribution in [0.25, 0.3) is 11.1 Å². The van der Waals surface area contributed by atoms with E-state index in [9.17, 15) is 14.7 Å². The quantitative estimate of drug-likeness (QED) is 0.560. The summed E-state index contributed by atoms with van der Waals surface area (Å²) in [5.41, 5.74) is 2.23. The van der Waals surface area contributed by atoms with Gasteiger partial charge in [0.25, 0.3) is 0 Å².